The number of hydrogen-bond donors (Lipinski definition) is 2. The van der Waals surface area contributed by atoms with Crippen LogP contribution in [0.5, 0.6) is 0 Å². The molecule has 76 valence electrons. The van der Waals surface area contributed by atoms with E-state index in [9.17, 15) is 5.11 Å². The molecule has 1 aliphatic rings. The van der Waals surface area contributed by atoms with Gasteiger partial charge in [-0.3, -0.25) is 0 Å². The first-order chi connectivity index (χ1) is 5.96. The third-order valence-corrected chi connectivity index (χ3v) is 2.08. The van der Waals surface area contributed by atoms with Crippen molar-refractivity contribution in [3.8, 4) is 0 Å². The van der Waals surface area contributed by atoms with Crippen molar-refractivity contribution in [1.29, 1.82) is 0 Å². The van der Waals surface area contributed by atoms with Crippen molar-refractivity contribution in [3.63, 3.8) is 0 Å². The van der Waals surface area contributed by atoms with Crippen molar-refractivity contribution in [2.75, 3.05) is 6.61 Å². The van der Waals surface area contributed by atoms with Gasteiger partial charge in [-0.1, -0.05) is 6.08 Å². The molecule has 1 rings (SSSR count). The van der Waals surface area contributed by atoms with Crippen molar-refractivity contribution in [3.05, 3.63) is 12.7 Å². The molecule has 1 saturated heterocycles. The molecule has 1 fully saturated rings. The van der Waals surface area contributed by atoms with Crippen LogP contribution in [0.2, 0.25) is 0 Å². The minimum atomic E-state index is -0.751. The van der Waals surface area contributed by atoms with Crippen molar-refractivity contribution in [1.82, 2.24) is 0 Å². The second-order valence-corrected chi connectivity index (χ2v) is 3.67. The molecule has 1 aliphatic heterocycles. The second-order valence-electron chi connectivity index (χ2n) is 3.67. The Morgan fingerprint density at radius 1 is 1.69 bits per heavy atom. The summed E-state index contributed by atoms with van der Waals surface area (Å²) in [5, 5.41) is 9.65. The lowest BCUT2D eigenvalue weighted by Crippen LogP contribution is -2.43. The van der Waals surface area contributed by atoms with Crippen LogP contribution in [0.15, 0.2) is 12.7 Å². The summed E-state index contributed by atoms with van der Waals surface area (Å²) in [6, 6.07) is -0.470. The Balaban J connectivity index is 2.51. The van der Waals surface area contributed by atoms with Gasteiger partial charge in [-0.2, -0.15) is 0 Å². The predicted octanol–water partition coefficient (Wildman–Crippen LogP) is 0.0121. The van der Waals surface area contributed by atoms with Gasteiger partial charge < -0.3 is 20.3 Å². The summed E-state index contributed by atoms with van der Waals surface area (Å²) < 4.78 is 10.7. The zero-order valence-corrected chi connectivity index (χ0v) is 8.06. The zero-order valence-electron chi connectivity index (χ0n) is 8.06. The molecule has 0 aromatic heterocycles. The minimum absolute atomic E-state index is 0.358. The van der Waals surface area contributed by atoms with Gasteiger partial charge in [0.05, 0.1) is 12.6 Å². The summed E-state index contributed by atoms with van der Waals surface area (Å²) in [5.74, 6) is -0.619. The Bertz CT molecular complexity index is 193. The average Bonchev–Trinajstić information content (AvgIpc) is 2.43. The van der Waals surface area contributed by atoms with E-state index in [4.69, 9.17) is 15.2 Å². The number of hydrogen-bond acceptors (Lipinski definition) is 4. The first kappa shape index (κ1) is 10.7. The number of rotatable bonds is 3. The van der Waals surface area contributed by atoms with Crippen molar-refractivity contribution in [2.24, 2.45) is 5.73 Å². The van der Waals surface area contributed by atoms with Crippen LogP contribution in [0.3, 0.4) is 0 Å². The van der Waals surface area contributed by atoms with Gasteiger partial charge in [-0.15, -0.1) is 6.58 Å². The third kappa shape index (κ3) is 2.51. The van der Waals surface area contributed by atoms with E-state index in [1.807, 2.05) is 0 Å². The van der Waals surface area contributed by atoms with Gasteiger partial charge in [0, 0.05) is 0 Å². The standard InChI is InChI=1S/C9H17NO3/c1-4-6(10)8(11)7-5-12-9(2,3)13-7/h4,6-8,11H,1,5,10H2,2-3H3/t6?,7-,8?/m1/s1. The number of ether oxygens (including phenoxy) is 2. The molecule has 0 amide bonds. The lowest BCUT2D eigenvalue weighted by molar-refractivity contribution is -0.151. The fraction of sp³-hybridized carbons (Fsp3) is 0.778. The minimum Gasteiger partial charge on any atom is -0.388 e. The van der Waals surface area contributed by atoms with Gasteiger partial charge in [0.25, 0.3) is 0 Å². The van der Waals surface area contributed by atoms with Crippen LogP contribution in [0.1, 0.15) is 13.8 Å². The summed E-state index contributed by atoms with van der Waals surface area (Å²) in [6.45, 7) is 7.49. The average molecular weight is 187 g/mol. The Morgan fingerprint density at radius 3 is 2.69 bits per heavy atom. The highest BCUT2D eigenvalue weighted by Crippen LogP contribution is 2.24. The molecule has 0 bridgehead atoms. The molecule has 0 aliphatic carbocycles. The van der Waals surface area contributed by atoms with Crippen LogP contribution in [-0.2, 0) is 9.47 Å². The van der Waals surface area contributed by atoms with Crippen LogP contribution in [-0.4, -0.2) is 35.8 Å². The predicted molar refractivity (Wildman–Crippen MR) is 49.1 cm³/mol. The summed E-state index contributed by atoms with van der Waals surface area (Å²) in [7, 11) is 0. The first-order valence-electron chi connectivity index (χ1n) is 4.34. The quantitative estimate of drug-likeness (QED) is 0.611. The molecule has 3 N–H and O–H groups in total. The SMILES string of the molecule is C=CC(N)C(O)[C@H]1COC(C)(C)O1. The van der Waals surface area contributed by atoms with E-state index in [1.54, 1.807) is 13.8 Å². The maximum Gasteiger partial charge on any atom is 0.163 e. The van der Waals surface area contributed by atoms with E-state index >= 15 is 0 Å². The van der Waals surface area contributed by atoms with Crippen LogP contribution in [0, 0.1) is 0 Å². The molecule has 0 aromatic carbocycles. The summed E-state index contributed by atoms with van der Waals surface area (Å²) in [5.41, 5.74) is 5.58. The van der Waals surface area contributed by atoms with E-state index in [1.165, 1.54) is 6.08 Å². The summed E-state index contributed by atoms with van der Waals surface area (Å²) in [4.78, 5) is 0. The van der Waals surface area contributed by atoms with Gasteiger partial charge in [0.1, 0.15) is 12.2 Å². The third-order valence-electron chi connectivity index (χ3n) is 2.08. The first-order valence-corrected chi connectivity index (χ1v) is 4.34. The van der Waals surface area contributed by atoms with Gasteiger partial charge in [-0.05, 0) is 13.8 Å². The van der Waals surface area contributed by atoms with Gasteiger partial charge in [-0.25, -0.2) is 0 Å². The maximum atomic E-state index is 9.65. The molecule has 4 nitrogen and oxygen atoms in total. The molecule has 13 heavy (non-hydrogen) atoms. The Kier molecular flexibility index (Phi) is 3.08. The molecule has 0 saturated carbocycles. The molecular weight excluding hydrogens is 170 g/mol. The number of nitrogens with two attached hydrogens (primary N) is 1. The molecular formula is C9H17NO3. The fourth-order valence-corrected chi connectivity index (χ4v) is 1.27. The van der Waals surface area contributed by atoms with Crippen molar-refractivity contribution in [2.45, 2.75) is 37.9 Å². The number of aliphatic hydroxyl groups is 1. The zero-order chi connectivity index (χ0) is 10.1. The van der Waals surface area contributed by atoms with Crippen LogP contribution >= 0.6 is 0 Å². The molecule has 0 aromatic rings. The molecule has 1 heterocycles. The van der Waals surface area contributed by atoms with Crippen LogP contribution in [0.4, 0.5) is 0 Å². The molecule has 2 unspecified atom stereocenters. The highest BCUT2D eigenvalue weighted by atomic mass is 16.7. The lowest BCUT2D eigenvalue weighted by atomic mass is 10.1. The maximum absolute atomic E-state index is 9.65. The summed E-state index contributed by atoms with van der Waals surface area (Å²) in [6.07, 6.45) is 0.390. The van der Waals surface area contributed by atoms with E-state index in [0.717, 1.165) is 0 Å². The van der Waals surface area contributed by atoms with E-state index < -0.39 is 17.9 Å². The van der Waals surface area contributed by atoms with Gasteiger partial charge in [0.2, 0.25) is 0 Å². The molecule has 3 atom stereocenters. The van der Waals surface area contributed by atoms with E-state index in [2.05, 4.69) is 6.58 Å². The van der Waals surface area contributed by atoms with Gasteiger partial charge in [0.15, 0.2) is 5.79 Å². The molecule has 4 heteroatoms. The highest BCUT2D eigenvalue weighted by Gasteiger charge is 2.38. The van der Waals surface area contributed by atoms with E-state index in [0.29, 0.717) is 6.61 Å². The monoisotopic (exact) mass is 187 g/mol. The fourth-order valence-electron chi connectivity index (χ4n) is 1.27. The van der Waals surface area contributed by atoms with Crippen molar-refractivity contribution >= 4 is 0 Å². The topological polar surface area (TPSA) is 64.7 Å². The van der Waals surface area contributed by atoms with E-state index in [-0.39, 0.29) is 6.10 Å². The molecule has 0 spiro atoms. The lowest BCUT2D eigenvalue weighted by Gasteiger charge is -2.22. The van der Waals surface area contributed by atoms with Crippen LogP contribution < -0.4 is 5.73 Å². The summed E-state index contributed by atoms with van der Waals surface area (Å²) >= 11 is 0. The highest BCUT2D eigenvalue weighted by molar-refractivity contribution is 4.93. The van der Waals surface area contributed by atoms with Gasteiger partial charge >= 0.3 is 0 Å². The second kappa shape index (κ2) is 3.75. The van der Waals surface area contributed by atoms with Crippen LogP contribution in [0.25, 0.3) is 0 Å². The normalized spacial score (nSPS) is 31.2. The Labute approximate surface area is 78.3 Å². The Hall–Kier alpha value is -0.420. The Morgan fingerprint density at radius 2 is 2.31 bits per heavy atom. The smallest absolute Gasteiger partial charge is 0.163 e. The molecule has 0 radical (unpaired) electrons. The van der Waals surface area contributed by atoms with Crippen molar-refractivity contribution < 1.29 is 14.6 Å². The number of aliphatic hydroxyl groups excluding tert-OH is 1. The largest absolute Gasteiger partial charge is 0.388 e.